The molecule has 146 valence electrons. The van der Waals surface area contributed by atoms with Crippen molar-refractivity contribution >= 4 is 16.0 Å². The van der Waals surface area contributed by atoms with Crippen molar-refractivity contribution < 1.29 is 8.42 Å². The third-order valence-corrected chi connectivity index (χ3v) is 7.24. The van der Waals surface area contributed by atoms with Crippen molar-refractivity contribution in [3.63, 3.8) is 0 Å². The van der Waals surface area contributed by atoms with E-state index in [9.17, 15) is 8.42 Å². The van der Waals surface area contributed by atoms with Crippen LogP contribution in [0.4, 0.5) is 0 Å². The van der Waals surface area contributed by atoms with Crippen LogP contribution in [0.1, 0.15) is 65.2 Å². The Morgan fingerprint density at radius 2 is 2.00 bits per heavy atom. The van der Waals surface area contributed by atoms with Gasteiger partial charge in [-0.3, -0.25) is 4.99 Å². The molecule has 1 unspecified atom stereocenters. The molecule has 2 aliphatic rings. The largest absolute Gasteiger partial charge is 0.357 e. The lowest BCUT2D eigenvalue weighted by molar-refractivity contribution is 0.322. The summed E-state index contributed by atoms with van der Waals surface area (Å²) in [7, 11) is -3.02. The summed E-state index contributed by atoms with van der Waals surface area (Å²) in [5.74, 6) is 1.99. The fourth-order valence-corrected chi connectivity index (χ4v) is 5.32. The minimum atomic E-state index is -3.02. The van der Waals surface area contributed by atoms with E-state index in [1.165, 1.54) is 38.5 Å². The lowest BCUT2D eigenvalue weighted by Crippen LogP contribution is -2.43. The number of nitrogens with one attached hydrogen (secondary N) is 2. The highest BCUT2D eigenvalue weighted by molar-refractivity contribution is 7.89. The molecule has 25 heavy (non-hydrogen) atoms. The zero-order chi connectivity index (χ0) is 18.1. The molecule has 1 heterocycles. The van der Waals surface area contributed by atoms with Gasteiger partial charge in [0, 0.05) is 25.7 Å². The summed E-state index contributed by atoms with van der Waals surface area (Å²) in [4.78, 5) is 4.57. The molecule has 0 aromatic carbocycles. The van der Waals surface area contributed by atoms with Crippen LogP contribution >= 0.6 is 0 Å². The summed E-state index contributed by atoms with van der Waals surface area (Å²) in [5, 5.41) is 6.74. The van der Waals surface area contributed by atoms with Crippen molar-refractivity contribution in [1.82, 2.24) is 14.9 Å². The number of guanidine groups is 1. The van der Waals surface area contributed by atoms with Gasteiger partial charge in [0.05, 0.1) is 12.3 Å². The summed E-state index contributed by atoms with van der Waals surface area (Å²) < 4.78 is 25.2. The molecule has 0 amide bonds. The molecule has 2 N–H and O–H groups in total. The highest BCUT2D eigenvalue weighted by atomic mass is 32.2. The first kappa shape index (κ1) is 20.5. The molecular weight excluding hydrogens is 336 g/mol. The van der Waals surface area contributed by atoms with Gasteiger partial charge < -0.3 is 10.6 Å². The Morgan fingerprint density at radius 3 is 2.64 bits per heavy atom. The van der Waals surface area contributed by atoms with E-state index in [-0.39, 0.29) is 5.75 Å². The summed E-state index contributed by atoms with van der Waals surface area (Å²) in [6, 6.07) is 0.384. The molecule has 1 saturated heterocycles. The predicted octanol–water partition coefficient (Wildman–Crippen LogP) is 2.33. The summed E-state index contributed by atoms with van der Waals surface area (Å²) >= 11 is 0. The van der Waals surface area contributed by atoms with Crippen molar-refractivity contribution in [2.75, 3.05) is 31.9 Å². The van der Waals surface area contributed by atoms with Crippen LogP contribution in [-0.2, 0) is 10.0 Å². The van der Waals surface area contributed by atoms with Crippen molar-refractivity contribution in [1.29, 1.82) is 0 Å². The monoisotopic (exact) mass is 372 g/mol. The maximum atomic E-state index is 11.8. The van der Waals surface area contributed by atoms with Crippen molar-refractivity contribution in [3.05, 3.63) is 0 Å². The molecule has 0 bridgehead atoms. The standard InChI is InChI=1S/C18H36N4O2S/c1-3-19-18(20-12-14-22-13-7-15-25(22,23)24)21-16(2)10-11-17-8-5-4-6-9-17/h16-17H,3-15H2,1-2H3,(H2,19,20,21). The molecule has 1 aliphatic heterocycles. The van der Waals surface area contributed by atoms with Crippen LogP contribution in [0.2, 0.25) is 0 Å². The Morgan fingerprint density at radius 1 is 1.24 bits per heavy atom. The molecule has 1 aliphatic carbocycles. The van der Waals surface area contributed by atoms with Crippen molar-refractivity contribution in [2.24, 2.45) is 10.9 Å². The zero-order valence-electron chi connectivity index (χ0n) is 16.0. The van der Waals surface area contributed by atoms with Gasteiger partial charge >= 0.3 is 0 Å². The number of sulfonamides is 1. The van der Waals surface area contributed by atoms with Gasteiger partial charge in [-0.2, -0.15) is 0 Å². The van der Waals surface area contributed by atoms with E-state index in [0.29, 0.717) is 25.7 Å². The minimum absolute atomic E-state index is 0.285. The average molecular weight is 373 g/mol. The minimum Gasteiger partial charge on any atom is -0.357 e. The number of hydrogen-bond donors (Lipinski definition) is 2. The second kappa shape index (κ2) is 10.4. The number of hydrogen-bond acceptors (Lipinski definition) is 3. The number of rotatable bonds is 8. The molecule has 0 radical (unpaired) electrons. The van der Waals surface area contributed by atoms with Gasteiger partial charge in [0.1, 0.15) is 0 Å². The van der Waals surface area contributed by atoms with Crippen molar-refractivity contribution in [2.45, 2.75) is 71.3 Å². The van der Waals surface area contributed by atoms with E-state index in [2.05, 4.69) is 29.5 Å². The first-order chi connectivity index (χ1) is 12.0. The highest BCUT2D eigenvalue weighted by Crippen LogP contribution is 2.27. The normalized spacial score (nSPS) is 23.5. The Labute approximate surface area is 153 Å². The zero-order valence-corrected chi connectivity index (χ0v) is 16.8. The number of nitrogens with zero attached hydrogens (tertiary/aromatic N) is 2. The molecule has 2 rings (SSSR count). The molecule has 6 nitrogen and oxygen atoms in total. The van der Waals surface area contributed by atoms with Crippen LogP contribution < -0.4 is 10.6 Å². The quantitative estimate of drug-likeness (QED) is 0.507. The van der Waals surface area contributed by atoms with Gasteiger partial charge in [-0.15, -0.1) is 0 Å². The Kier molecular flexibility index (Phi) is 8.49. The molecule has 1 saturated carbocycles. The molecule has 1 atom stereocenters. The van der Waals surface area contributed by atoms with Crippen LogP contribution in [0.5, 0.6) is 0 Å². The molecule has 0 aromatic heterocycles. The van der Waals surface area contributed by atoms with Gasteiger partial charge in [-0.25, -0.2) is 12.7 Å². The van der Waals surface area contributed by atoms with E-state index < -0.39 is 10.0 Å². The van der Waals surface area contributed by atoms with Crippen LogP contribution in [-0.4, -0.2) is 56.7 Å². The van der Waals surface area contributed by atoms with Crippen LogP contribution in [0.15, 0.2) is 4.99 Å². The van der Waals surface area contributed by atoms with E-state index in [4.69, 9.17) is 0 Å². The molecule has 0 aromatic rings. The first-order valence-corrected chi connectivity index (χ1v) is 11.6. The fourth-order valence-electron chi connectivity index (χ4n) is 3.80. The van der Waals surface area contributed by atoms with E-state index in [1.807, 2.05) is 0 Å². The van der Waals surface area contributed by atoms with Crippen LogP contribution in [0.3, 0.4) is 0 Å². The maximum Gasteiger partial charge on any atom is 0.214 e. The molecule has 7 heteroatoms. The SMILES string of the molecule is CCNC(=NCCN1CCCS1(=O)=O)NC(C)CCC1CCCCC1. The third-order valence-electron chi connectivity index (χ3n) is 5.28. The fraction of sp³-hybridized carbons (Fsp3) is 0.944. The summed E-state index contributed by atoms with van der Waals surface area (Å²) in [6.07, 6.45) is 10.2. The first-order valence-electron chi connectivity index (χ1n) is 10.0. The van der Waals surface area contributed by atoms with E-state index in [0.717, 1.165) is 31.3 Å². The van der Waals surface area contributed by atoms with E-state index >= 15 is 0 Å². The van der Waals surface area contributed by atoms with Gasteiger partial charge in [-0.1, -0.05) is 32.1 Å². The Balaban J connectivity index is 1.74. The molecule has 2 fully saturated rings. The van der Waals surface area contributed by atoms with Gasteiger partial charge in [0.15, 0.2) is 5.96 Å². The van der Waals surface area contributed by atoms with Gasteiger partial charge in [-0.05, 0) is 39.0 Å². The van der Waals surface area contributed by atoms with Crippen molar-refractivity contribution in [3.8, 4) is 0 Å². The molecular formula is C18H36N4O2S. The maximum absolute atomic E-state index is 11.8. The second-order valence-corrected chi connectivity index (χ2v) is 9.54. The second-order valence-electron chi connectivity index (χ2n) is 7.46. The number of aliphatic imine (C=N–C) groups is 1. The third kappa shape index (κ3) is 7.13. The van der Waals surface area contributed by atoms with Gasteiger partial charge in [0.2, 0.25) is 10.0 Å². The summed E-state index contributed by atoms with van der Waals surface area (Å²) in [6.45, 7) is 6.69. The van der Waals surface area contributed by atoms with Crippen LogP contribution in [0.25, 0.3) is 0 Å². The van der Waals surface area contributed by atoms with Gasteiger partial charge in [0.25, 0.3) is 0 Å². The smallest absolute Gasteiger partial charge is 0.214 e. The van der Waals surface area contributed by atoms with E-state index in [1.54, 1.807) is 4.31 Å². The average Bonchev–Trinajstić information content (AvgIpc) is 2.93. The Hall–Kier alpha value is -0.820. The lowest BCUT2D eigenvalue weighted by atomic mass is 9.85. The highest BCUT2D eigenvalue weighted by Gasteiger charge is 2.27. The molecule has 0 spiro atoms. The summed E-state index contributed by atoms with van der Waals surface area (Å²) in [5.41, 5.74) is 0. The lowest BCUT2D eigenvalue weighted by Gasteiger charge is -2.24. The van der Waals surface area contributed by atoms with Crippen LogP contribution in [0, 0.1) is 5.92 Å². The predicted molar refractivity (Wildman–Crippen MR) is 104 cm³/mol. The topological polar surface area (TPSA) is 73.8 Å². The Bertz CT molecular complexity index is 515.